The molecule has 0 radical (unpaired) electrons. The lowest BCUT2D eigenvalue weighted by Crippen LogP contribution is -2.02. The molecule has 0 aromatic carbocycles. The number of hydrogen-bond acceptors (Lipinski definition) is 3. The number of oxime groups is 1. The van der Waals surface area contributed by atoms with Crippen molar-refractivity contribution in [1.29, 1.82) is 0 Å². The second-order valence-corrected chi connectivity index (χ2v) is 3.41. The van der Waals surface area contributed by atoms with Gasteiger partial charge in [-0.1, -0.05) is 18.5 Å². The lowest BCUT2D eigenvalue weighted by Gasteiger charge is -2.01. The van der Waals surface area contributed by atoms with Gasteiger partial charge < -0.3 is 5.21 Å². The van der Waals surface area contributed by atoms with E-state index in [1.807, 2.05) is 18.5 Å². The monoisotopic (exact) mass is 195 g/mol. The van der Waals surface area contributed by atoms with Crippen LogP contribution >= 0.6 is 0 Å². The predicted molar refractivity (Wildman–Crippen MR) is 56.0 cm³/mol. The molecule has 14 heavy (non-hydrogen) atoms. The van der Waals surface area contributed by atoms with E-state index in [2.05, 4.69) is 17.2 Å². The fraction of sp³-hybridized carbons (Fsp3) is 0.600. The van der Waals surface area contributed by atoms with E-state index in [4.69, 9.17) is 5.21 Å². The van der Waals surface area contributed by atoms with Crippen LogP contribution < -0.4 is 0 Å². The Hall–Kier alpha value is -1.32. The third-order valence-electron chi connectivity index (χ3n) is 2.35. The van der Waals surface area contributed by atoms with E-state index in [0.29, 0.717) is 0 Å². The number of rotatable bonds is 4. The van der Waals surface area contributed by atoms with Crippen LogP contribution in [0.2, 0.25) is 0 Å². The molecule has 0 aliphatic rings. The minimum atomic E-state index is 0.913. The van der Waals surface area contributed by atoms with Crippen LogP contribution in [0.3, 0.4) is 0 Å². The molecule has 1 aromatic heterocycles. The first-order chi connectivity index (χ1) is 6.70. The van der Waals surface area contributed by atoms with Crippen molar-refractivity contribution in [3.63, 3.8) is 0 Å². The van der Waals surface area contributed by atoms with Crippen LogP contribution in [-0.4, -0.2) is 21.2 Å². The second kappa shape index (κ2) is 4.79. The van der Waals surface area contributed by atoms with Crippen molar-refractivity contribution in [3.05, 3.63) is 17.0 Å². The van der Waals surface area contributed by atoms with Gasteiger partial charge in [-0.05, 0) is 20.3 Å². The first-order valence-corrected chi connectivity index (χ1v) is 4.92. The quantitative estimate of drug-likeness (QED) is 0.454. The van der Waals surface area contributed by atoms with Gasteiger partial charge in [-0.15, -0.1) is 0 Å². The van der Waals surface area contributed by atoms with E-state index in [1.54, 1.807) is 0 Å². The summed E-state index contributed by atoms with van der Waals surface area (Å²) in [7, 11) is 0. The smallest absolute Gasteiger partial charge is 0.0770 e. The number of aromatic nitrogens is 2. The zero-order valence-corrected chi connectivity index (χ0v) is 8.99. The van der Waals surface area contributed by atoms with Crippen molar-refractivity contribution < 1.29 is 5.21 Å². The number of nitrogens with zero attached hydrogens (tertiary/aromatic N) is 3. The molecule has 0 spiro atoms. The molecule has 1 N–H and O–H groups in total. The third kappa shape index (κ3) is 2.13. The molecular weight excluding hydrogens is 178 g/mol. The first-order valence-electron chi connectivity index (χ1n) is 4.92. The normalized spacial score (nSPS) is 11.4. The average Bonchev–Trinajstić information content (AvgIpc) is 2.43. The van der Waals surface area contributed by atoms with Crippen molar-refractivity contribution in [1.82, 2.24) is 9.78 Å². The highest BCUT2D eigenvalue weighted by atomic mass is 16.4. The molecule has 1 heterocycles. The van der Waals surface area contributed by atoms with E-state index < -0.39 is 0 Å². The maximum Gasteiger partial charge on any atom is 0.0770 e. The van der Waals surface area contributed by atoms with Crippen molar-refractivity contribution >= 4 is 6.21 Å². The van der Waals surface area contributed by atoms with Crippen LogP contribution in [0.1, 0.15) is 36.7 Å². The third-order valence-corrected chi connectivity index (χ3v) is 2.35. The largest absolute Gasteiger partial charge is 0.411 e. The van der Waals surface area contributed by atoms with Gasteiger partial charge in [0.05, 0.1) is 11.9 Å². The summed E-state index contributed by atoms with van der Waals surface area (Å²) in [6.45, 7) is 7.00. The summed E-state index contributed by atoms with van der Waals surface area (Å²) in [5, 5.41) is 15.9. The molecule has 0 aliphatic carbocycles. The first kappa shape index (κ1) is 10.8. The zero-order valence-electron chi connectivity index (χ0n) is 8.99. The maximum absolute atomic E-state index is 8.49. The van der Waals surface area contributed by atoms with E-state index in [1.165, 1.54) is 6.21 Å². The van der Waals surface area contributed by atoms with E-state index >= 15 is 0 Å². The standard InChI is InChI=1S/C10H17N3O/c1-4-5-6-13-9(3)10(7-11-14)8(2)12-13/h7,14H,4-6H2,1-3H3. The molecule has 1 aromatic rings. The highest BCUT2D eigenvalue weighted by molar-refractivity contribution is 5.82. The lowest BCUT2D eigenvalue weighted by molar-refractivity contribution is 0.322. The van der Waals surface area contributed by atoms with E-state index in [0.717, 1.165) is 36.3 Å². The topological polar surface area (TPSA) is 50.4 Å². The van der Waals surface area contributed by atoms with Crippen molar-refractivity contribution in [3.8, 4) is 0 Å². The Morgan fingerprint density at radius 3 is 2.79 bits per heavy atom. The Morgan fingerprint density at radius 2 is 2.21 bits per heavy atom. The minimum Gasteiger partial charge on any atom is -0.411 e. The van der Waals surface area contributed by atoms with Crippen molar-refractivity contribution in [2.75, 3.05) is 0 Å². The molecule has 0 amide bonds. The fourth-order valence-corrected chi connectivity index (χ4v) is 1.48. The van der Waals surface area contributed by atoms with Gasteiger partial charge in [0.1, 0.15) is 0 Å². The van der Waals surface area contributed by atoms with Crippen molar-refractivity contribution in [2.24, 2.45) is 5.16 Å². The van der Waals surface area contributed by atoms with E-state index in [9.17, 15) is 0 Å². The van der Waals surface area contributed by atoms with Gasteiger partial charge in [0.25, 0.3) is 0 Å². The van der Waals surface area contributed by atoms with Gasteiger partial charge in [-0.25, -0.2) is 0 Å². The molecule has 0 atom stereocenters. The van der Waals surface area contributed by atoms with Gasteiger partial charge in [0.2, 0.25) is 0 Å². The molecule has 4 heteroatoms. The fourth-order valence-electron chi connectivity index (χ4n) is 1.48. The Balaban J connectivity index is 2.92. The highest BCUT2D eigenvalue weighted by Gasteiger charge is 2.08. The Bertz CT molecular complexity index is 328. The lowest BCUT2D eigenvalue weighted by atomic mass is 10.2. The maximum atomic E-state index is 8.49. The summed E-state index contributed by atoms with van der Waals surface area (Å²) < 4.78 is 1.97. The van der Waals surface area contributed by atoms with Gasteiger partial charge in [0.15, 0.2) is 0 Å². The van der Waals surface area contributed by atoms with Crippen LogP contribution in [0.5, 0.6) is 0 Å². The highest BCUT2D eigenvalue weighted by Crippen LogP contribution is 2.11. The minimum absolute atomic E-state index is 0.913. The summed E-state index contributed by atoms with van der Waals surface area (Å²) >= 11 is 0. The summed E-state index contributed by atoms with van der Waals surface area (Å²) in [5.41, 5.74) is 2.90. The van der Waals surface area contributed by atoms with Gasteiger partial charge >= 0.3 is 0 Å². The van der Waals surface area contributed by atoms with Gasteiger partial charge in [-0.2, -0.15) is 5.10 Å². The second-order valence-electron chi connectivity index (χ2n) is 3.41. The molecule has 0 saturated carbocycles. The van der Waals surface area contributed by atoms with Crippen LogP contribution in [0.25, 0.3) is 0 Å². The summed E-state index contributed by atoms with van der Waals surface area (Å²) in [6, 6.07) is 0. The Kier molecular flexibility index (Phi) is 3.68. The summed E-state index contributed by atoms with van der Waals surface area (Å²) in [5.74, 6) is 0. The van der Waals surface area contributed by atoms with Crippen LogP contribution in [-0.2, 0) is 6.54 Å². The number of aryl methyl sites for hydroxylation is 2. The van der Waals surface area contributed by atoms with Gasteiger partial charge in [-0.3, -0.25) is 4.68 Å². The molecule has 1 rings (SSSR count). The van der Waals surface area contributed by atoms with Crippen LogP contribution in [0.15, 0.2) is 5.16 Å². The Labute approximate surface area is 84.2 Å². The predicted octanol–water partition coefficient (Wildman–Crippen LogP) is 2.11. The summed E-state index contributed by atoms with van der Waals surface area (Å²) in [4.78, 5) is 0. The molecule has 78 valence electrons. The molecular formula is C10H17N3O. The number of hydrogen-bond donors (Lipinski definition) is 1. The zero-order chi connectivity index (χ0) is 10.6. The van der Waals surface area contributed by atoms with Crippen LogP contribution in [0.4, 0.5) is 0 Å². The average molecular weight is 195 g/mol. The number of unbranched alkanes of at least 4 members (excludes halogenated alkanes) is 1. The van der Waals surface area contributed by atoms with Gasteiger partial charge in [0, 0.05) is 17.8 Å². The van der Waals surface area contributed by atoms with Crippen molar-refractivity contribution in [2.45, 2.75) is 40.2 Å². The molecule has 4 nitrogen and oxygen atoms in total. The molecule has 0 unspecified atom stereocenters. The Morgan fingerprint density at radius 1 is 1.50 bits per heavy atom. The summed E-state index contributed by atoms with van der Waals surface area (Å²) in [6.07, 6.45) is 3.72. The molecule has 0 bridgehead atoms. The molecule has 0 aliphatic heterocycles. The van der Waals surface area contributed by atoms with Crippen LogP contribution in [0, 0.1) is 13.8 Å². The van der Waals surface area contributed by atoms with E-state index in [-0.39, 0.29) is 0 Å². The molecule has 0 saturated heterocycles. The SMILES string of the molecule is CCCCn1nc(C)c(C=NO)c1C. The molecule has 0 fully saturated rings.